The summed E-state index contributed by atoms with van der Waals surface area (Å²) in [6.07, 6.45) is 3.07. The number of anilines is 1. The molecule has 2 aromatic rings. The van der Waals surface area contributed by atoms with E-state index in [0.717, 1.165) is 32.8 Å². The van der Waals surface area contributed by atoms with E-state index in [0.29, 0.717) is 0 Å². The minimum atomic E-state index is -4.42. The third-order valence-corrected chi connectivity index (χ3v) is 4.66. The standard InChI is InChI=1S/C18H16F3N3OS/c1-12-7-13(15-10-22-17(26-15)4-6-25-2)9-14(8-12)24-5-3-16(23-11-24)18(19,20)21/h3-10H,11H2,1-2H3/b6-4+. The number of aliphatic imine (C=N–C) groups is 1. The van der Waals surface area contributed by atoms with Gasteiger partial charge in [-0.1, -0.05) is 6.07 Å². The normalized spacial score (nSPS) is 14.8. The second-order valence-corrected chi connectivity index (χ2v) is 6.69. The van der Waals surface area contributed by atoms with Crippen molar-refractivity contribution in [3.8, 4) is 10.4 Å². The number of aromatic nitrogens is 1. The Balaban J connectivity index is 1.85. The molecule has 0 bridgehead atoms. The minimum Gasteiger partial charge on any atom is -0.504 e. The van der Waals surface area contributed by atoms with E-state index in [1.54, 1.807) is 30.5 Å². The van der Waals surface area contributed by atoms with Crippen LogP contribution in [0.4, 0.5) is 18.9 Å². The van der Waals surface area contributed by atoms with E-state index in [-0.39, 0.29) is 6.67 Å². The number of hydrogen-bond donors (Lipinski definition) is 0. The van der Waals surface area contributed by atoms with Crippen LogP contribution in [0.25, 0.3) is 16.5 Å². The highest BCUT2D eigenvalue weighted by Gasteiger charge is 2.34. The van der Waals surface area contributed by atoms with Crippen LogP contribution in [0.5, 0.6) is 0 Å². The third-order valence-electron chi connectivity index (χ3n) is 3.64. The number of benzene rings is 1. The van der Waals surface area contributed by atoms with Crippen molar-refractivity contribution in [2.24, 2.45) is 4.99 Å². The number of nitrogens with zero attached hydrogens (tertiary/aromatic N) is 3. The molecule has 1 aliphatic heterocycles. The maximum absolute atomic E-state index is 12.7. The Morgan fingerprint density at radius 3 is 2.73 bits per heavy atom. The van der Waals surface area contributed by atoms with Gasteiger partial charge >= 0.3 is 6.18 Å². The Kier molecular flexibility index (Phi) is 5.13. The Hall–Kier alpha value is -2.61. The molecule has 1 aliphatic rings. The molecule has 0 spiro atoms. The molecule has 8 heteroatoms. The van der Waals surface area contributed by atoms with Crippen molar-refractivity contribution >= 4 is 28.8 Å². The van der Waals surface area contributed by atoms with Gasteiger partial charge in [0.1, 0.15) is 17.4 Å². The third kappa shape index (κ3) is 4.13. The highest BCUT2D eigenvalue weighted by Crippen LogP contribution is 2.32. The van der Waals surface area contributed by atoms with Crippen molar-refractivity contribution in [1.82, 2.24) is 4.98 Å². The zero-order chi connectivity index (χ0) is 18.7. The zero-order valence-electron chi connectivity index (χ0n) is 14.1. The molecule has 0 radical (unpaired) electrons. The predicted octanol–water partition coefficient (Wildman–Crippen LogP) is 5.03. The van der Waals surface area contributed by atoms with Crippen LogP contribution in [0.15, 0.2) is 47.9 Å². The Bertz CT molecular complexity index is 884. The van der Waals surface area contributed by atoms with Crippen LogP contribution in [0, 0.1) is 6.92 Å². The minimum absolute atomic E-state index is 0.0707. The molecule has 26 heavy (non-hydrogen) atoms. The van der Waals surface area contributed by atoms with Gasteiger partial charge in [0.15, 0.2) is 0 Å². The van der Waals surface area contributed by atoms with E-state index in [4.69, 9.17) is 4.74 Å². The lowest BCUT2D eigenvalue weighted by molar-refractivity contribution is -0.0579. The summed E-state index contributed by atoms with van der Waals surface area (Å²) in [4.78, 5) is 10.6. The van der Waals surface area contributed by atoms with Crippen LogP contribution in [0.1, 0.15) is 10.6 Å². The van der Waals surface area contributed by atoms with E-state index in [9.17, 15) is 13.2 Å². The molecule has 0 fully saturated rings. The van der Waals surface area contributed by atoms with Gasteiger partial charge in [-0.25, -0.2) is 4.98 Å². The highest BCUT2D eigenvalue weighted by molar-refractivity contribution is 7.15. The van der Waals surface area contributed by atoms with E-state index in [2.05, 4.69) is 9.98 Å². The quantitative estimate of drug-likeness (QED) is 0.699. The fourth-order valence-electron chi connectivity index (χ4n) is 2.46. The molecular weight excluding hydrogens is 363 g/mol. The Morgan fingerprint density at radius 1 is 1.27 bits per heavy atom. The van der Waals surface area contributed by atoms with Crippen LogP contribution in [-0.2, 0) is 4.74 Å². The summed E-state index contributed by atoms with van der Waals surface area (Å²) in [6, 6.07) is 5.84. The first kappa shape index (κ1) is 18.2. The number of methoxy groups -OCH3 is 1. The lowest BCUT2D eigenvalue weighted by atomic mass is 10.1. The second-order valence-electron chi connectivity index (χ2n) is 5.63. The summed E-state index contributed by atoms with van der Waals surface area (Å²) in [5.74, 6) is 0. The number of allylic oxidation sites excluding steroid dienone is 1. The van der Waals surface area contributed by atoms with Crippen LogP contribution in [0.2, 0.25) is 0 Å². The summed E-state index contributed by atoms with van der Waals surface area (Å²) in [5, 5.41) is 0.808. The molecule has 4 nitrogen and oxygen atoms in total. The van der Waals surface area contributed by atoms with Gasteiger partial charge in [0.2, 0.25) is 0 Å². The van der Waals surface area contributed by atoms with Crippen molar-refractivity contribution in [1.29, 1.82) is 0 Å². The van der Waals surface area contributed by atoms with E-state index in [1.165, 1.54) is 17.5 Å². The van der Waals surface area contributed by atoms with Crippen molar-refractivity contribution < 1.29 is 17.9 Å². The van der Waals surface area contributed by atoms with Gasteiger partial charge in [0, 0.05) is 24.2 Å². The van der Waals surface area contributed by atoms with Gasteiger partial charge in [0.05, 0.1) is 18.2 Å². The number of hydrogen-bond acceptors (Lipinski definition) is 5. The largest absolute Gasteiger partial charge is 0.504 e. The number of alkyl halides is 3. The van der Waals surface area contributed by atoms with Crippen LogP contribution < -0.4 is 4.90 Å². The summed E-state index contributed by atoms with van der Waals surface area (Å²) in [5.41, 5.74) is 1.87. The predicted molar refractivity (Wildman–Crippen MR) is 98.3 cm³/mol. The molecule has 1 aromatic heterocycles. The van der Waals surface area contributed by atoms with Gasteiger partial charge in [-0.15, -0.1) is 11.3 Å². The summed E-state index contributed by atoms with van der Waals surface area (Å²) >= 11 is 1.50. The average Bonchev–Trinajstić information content (AvgIpc) is 3.08. The lowest BCUT2D eigenvalue weighted by Crippen LogP contribution is -2.29. The fraction of sp³-hybridized carbons (Fsp3) is 0.222. The molecule has 3 rings (SSSR count). The van der Waals surface area contributed by atoms with E-state index >= 15 is 0 Å². The van der Waals surface area contributed by atoms with Crippen molar-refractivity contribution in [3.05, 3.63) is 53.5 Å². The van der Waals surface area contributed by atoms with Gasteiger partial charge in [0.25, 0.3) is 0 Å². The van der Waals surface area contributed by atoms with Crippen molar-refractivity contribution in [2.45, 2.75) is 13.1 Å². The van der Waals surface area contributed by atoms with Gasteiger partial charge in [-0.2, -0.15) is 13.2 Å². The first-order valence-corrected chi connectivity index (χ1v) is 8.52. The van der Waals surface area contributed by atoms with Crippen LogP contribution in [0.3, 0.4) is 0 Å². The molecule has 0 N–H and O–H groups in total. The topological polar surface area (TPSA) is 37.7 Å². The molecule has 0 amide bonds. The smallest absolute Gasteiger partial charge is 0.433 e. The van der Waals surface area contributed by atoms with Gasteiger partial charge in [-0.05, 0) is 36.3 Å². The molecule has 0 unspecified atom stereocenters. The van der Waals surface area contributed by atoms with Crippen molar-refractivity contribution in [2.75, 3.05) is 18.7 Å². The van der Waals surface area contributed by atoms with E-state index in [1.807, 2.05) is 25.1 Å². The molecule has 1 aromatic carbocycles. The first-order valence-electron chi connectivity index (χ1n) is 7.70. The van der Waals surface area contributed by atoms with Crippen molar-refractivity contribution in [3.63, 3.8) is 0 Å². The van der Waals surface area contributed by atoms with Crippen LogP contribution in [-0.4, -0.2) is 30.7 Å². The first-order chi connectivity index (χ1) is 12.4. The SMILES string of the molecule is CO/C=C/c1ncc(-c2cc(C)cc(N3C=CC(C(F)(F)F)=NC3)c2)s1. The van der Waals surface area contributed by atoms with Crippen LogP contribution >= 0.6 is 11.3 Å². The van der Waals surface area contributed by atoms with E-state index < -0.39 is 11.9 Å². The second kappa shape index (κ2) is 7.33. The number of halogens is 3. The number of thiazole rings is 1. The monoisotopic (exact) mass is 379 g/mol. The molecular formula is C18H16F3N3OS. The number of aryl methyl sites for hydroxylation is 1. The maximum Gasteiger partial charge on any atom is 0.433 e. The molecule has 0 atom stereocenters. The molecule has 0 aliphatic carbocycles. The Labute approximate surface area is 153 Å². The number of rotatable bonds is 4. The van der Waals surface area contributed by atoms with Gasteiger partial charge < -0.3 is 9.64 Å². The average molecular weight is 379 g/mol. The molecule has 2 heterocycles. The maximum atomic E-state index is 12.7. The summed E-state index contributed by atoms with van der Waals surface area (Å²) < 4.78 is 43.0. The summed E-state index contributed by atoms with van der Waals surface area (Å²) in [7, 11) is 1.57. The zero-order valence-corrected chi connectivity index (χ0v) is 14.9. The fourth-order valence-corrected chi connectivity index (χ4v) is 3.26. The molecule has 136 valence electrons. The Morgan fingerprint density at radius 2 is 2.08 bits per heavy atom. The molecule has 0 saturated heterocycles. The summed E-state index contributed by atoms with van der Waals surface area (Å²) in [6.45, 7) is 1.87. The van der Waals surface area contributed by atoms with Gasteiger partial charge in [-0.3, -0.25) is 4.99 Å². The highest BCUT2D eigenvalue weighted by atomic mass is 32.1. The number of ether oxygens (including phenoxy) is 1. The lowest BCUT2D eigenvalue weighted by Gasteiger charge is -2.23. The molecule has 0 saturated carbocycles.